The number of rotatable bonds is 0. The first-order valence-electron chi connectivity index (χ1n) is 9.04. The van der Waals surface area contributed by atoms with Crippen LogP contribution in [0.15, 0.2) is 0 Å². The van der Waals surface area contributed by atoms with E-state index in [1.807, 2.05) is 0 Å². The van der Waals surface area contributed by atoms with E-state index >= 15 is 0 Å². The van der Waals surface area contributed by atoms with Gasteiger partial charge in [0.05, 0.1) is 0 Å². The predicted molar refractivity (Wildman–Crippen MR) is 83.1 cm³/mol. The van der Waals surface area contributed by atoms with Crippen LogP contribution in [0.3, 0.4) is 0 Å². The van der Waals surface area contributed by atoms with E-state index in [-0.39, 0.29) is 0 Å². The van der Waals surface area contributed by atoms with E-state index in [4.69, 9.17) is 0 Å². The van der Waals surface area contributed by atoms with E-state index in [1.54, 1.807) is 6.42 Å². The van der Waals surface area contributed by atoms with E-state index < -0.39 is 0 Å². The highest BCUT2D eigenvalue weighted by atomic mass is 15.0. The van der Waals surface area contributed by atoms with Crippen LogP contribution in [0.5, 0.6) is 0 Å². The standard InChI is InChI=1S/C20H32/c1-10-12-9-13-15-14-11(2)17(12,5)16(3,4)19(14,7)20(15,8)18(10,13)6/h10-15H,9H2,1-8H3. The second-order valence-electron chi connectivity index (χ2n) is 10.7. The van der Waals surface area contributed by atoms with Crippen molar-refractivity contribution in [3.63, 3.8) is 0 Å². The SMILES string of the molecule is CC1C2C3C4CC5C(C)C4(C)C3(C)C2(C)C(C)(C)C15C. The van der Waals surface area contributed by atoms with E-state index in [9.17, 15) is 0 Å². The first-order valence-corrected chi connectivity index (χ1v) is 9.04. The van der Waals surface area contributed by atoms with Crippen molar-refractivity contribution in [3.8, 4) is 0 Å². The van der Waals surface area contributed by atoms with Crippen LogP contribution < -0.4 is 0 Å². The normalized spacial score (nSPS) is 78.0. The molecule has 6 fully saturated rings. The van der Waals surface area contributed by atoms with Gasteiger partial charge >= 0.3 is 0 Å². The van der Waals surface area contributed by atoms with E-state index in [0.717, 1.165) is 35.5 Å². The molecule has 10 unspecified atom stereocenters. The van der Waals surface area contributed by atoms with Crippen molar-refractivity contribution in [2.45, 2.75) is 61.8 Å². The van der Waals surface area contributed by atoms with E-state index in [1.165, 1.54) is 0 Å². The van der Waals surface area contributed by atoms with Gasteiger partial charge in [0.25, 0.3) is 0 Å². The zero-order chi connectivity index (χ0) is 14.7. The molecule has 10 atom stereocenters. The molecule has 6 bridgehead atoms. The van der Waals surface area contributed by atoms with E-state index in [2.05, 4.69) is 55.4 Å². The third-order valence-electron chi connectivity index (χ3n) is 12.1. The Morgan fingerprint density at radius 3 is 1.85 bits per heavy atom. The highest BCUT2D eigenvalue weighted by molar-refractivity contribution is 5.43. The van der Waals surface area contributed by atoms with Crippen LogP contribution in [0, 0.1) is 62.6 Å². The smallest absolute Gasteiger partial charge is 0.0170 e. The van der Waals surface area contributed by atoms with Crippen molar-refractivity contribution < 1.29 is 0 Å². The van der Waals surface area contributed by atoms with E-state index in [0.29, 0.717) is 27.1 Å². The molecule has 0 heteroatoms. The zero-order valence-electron chi connectivity index (χ0n) is 14.7. The minimum Gasteiger partial charge on any atom is -0.0617 e. The Labute approximate surface area is 125 Å². The van der Waals surface area contributed by atoms with Gasteiger partial charge in [-0.25, -0.2) is 0 Å². The minimum atomic E-state index is 0.497. The summed E-state index contributed by atoms with van der Waals surface area (Å²) in [5, 5.41) is 0. The average molecular weight is 272 g/mol. The molecule has 6 saturated carbocycles. The second kappa shape index (κ2) is 2.56. The zero-order valence-corrected chi connectivity index (χ0v) is 14.7. The Morgan fingerprint density at radius 1 is 0.650 bits per heavy atom. The average Bonchev–Trinajstić information content (AvgIpc) is 2.63. The van der Waals surface area contributed by atoms with Crippen LogP contribution in [-0.2, 0) is 0 Å². The lowest BCUT2D eigenvalue weighted by atomic mass is 9.18. The van der Waals surface area contributed by atoms with Gasteiger partial charge in [0.15, 0.2) is 0 Å². The third-order valence-corrected chi connectivity index (χ3v) is 12.1. The monoisotopic (exact) mass is 272 g/mol. The van der Waals surface area contributed by atoms with Crippen LogP contribution in [0.25, 0.3) is 0 Å². The summed E-state index contributed by atoms with van der Waals surface area (Å²) in [7, 11) is 0. The molecule has 0 aromatic carbocycles. The van der Waals surface area contributed by atoms with Gasteiger partial charge < -0.3 is 0 Å². The van der Waals surface area contributed by atoms with Gasteiger partial charge in [-0.05, 0) is 69.0 Å². The predicted octanol–water partition coefficient (Wildman–Crippen LogP) is 5.23. The lowest BCUT2D eigenvalue weighted by molar-refractivity contribution is -0.390. The summed E-state index contributed by atoms with van der Waals surface area (Å²) in [4.78, 5) is 0. The maximum absolute atomic E-state index is 2.70. The Bertz CT molecular complexity index is 540. The molecule has 0 radical (unpaired) electrons. The van der Waals surface area contributed by atoms with Gasteiger partial charge in [0, 0.05) is 0 Å². The van der Waals surface area contributed by atoms with Crippen molar-refractivity contribution in [1.82, 2.24) is 0 Å². The summed E-state index contributed by atoms with van der Waals surface area (Å²) in [6, 6.07) is 0. The third kappa shape index (κ3) is 0.615. The van der Waals surface area contributed by atoms with Crippen molar-refractivity contribution >= 4 is 0 Å². The Morgan fingerprint density at radius 2 is 1.25 bits per heavy atom. The first-order chi connectivity index (χ1) is 9.04. The topological polar surface area (TPSA) is 0 Å². The van der Waals surface area contributed by atoms with Crippen molar-refractivity contribution in [3.05, 3.63) is 0 Å². The first kappa shape index (κ1) is 12.5. The molecular weight excluding hydrogens is 240 g/mol. The summed E-state index contributed by atoms with van der Waals surface area (Å²) in [6.45, 7) is 21.3. The molecule has 0 aromatic rings. The molecule has 0 N–H and O–H groups in total. The van der Waals surface area contributed by atoms with Gasteiger partial charge in [-0.1, -0.05) is 55.4 Å². The lowest BCUT2D eigenvalue weighted by Gasteiger charge is -2.85. The highest BCUT2D eigenvalue weighted by Gasteiger charge is 2.96. The summed E-state index contributed by atoms with van der Waals surface area (Å²) < 4.78 is 0. The molecule has 0 saturated heterocycles. The van der Waals surface area contributed by atoms with Gasteiger partial charge in [-0.2, -0.15) is 0 Å². The fraction of sp³-hybridized carbons (Fsp3) is 1.00. The van der Waals surface area contributed by atoms with Crippen LogP contribution in [-0.4, -0.2) is 0 Å². The largest absolute Gasteiger partial charge is 0.0617 e. The molecule has 0 aliphatic heterocycles. The van der Waals surface area contributed by atoms with Gasteiger partial charge in [0.1, 0.15) is 0 Å². The Kier molecular flexibility index (Phi) is 1.61. The molecule has 0 heterocycles. The molecule has 0 amide bonds. The highest BCUT2D eigenvalue weighted by Crippen LogP contribution is 3.00. The van der Waals surface area contributed by atoms with Crippen LogP contribution in [0.4, 0.5) is 0 Å². The summed E-state index contributed by atoms with van der Waals surface area (Å²) in [6.07, 6.45) is 1.55. The molecule has 6 aliphatic carbocycles. The van der Waals surface area contributed by atoms with Crippen LogP contribution in [0.1, 0.15) is 61.8 Å². The van der Waals surface area contributed by atoms with Gasteiger partial charge in [-0.15, -0.1) is 0 Å². The Hall–Kier alpha value is 0. The molecule has 20 heavy (non-hydrogen) atoms. The van der Waals surface area contributed by atoms with Gasteiger partial charge in [0.2, 0.25) is 0 Å². The summed E-state index contributed by atoms with van der Waals surface area (Å²) in [5.74, 6) is 5.98. The second-order valence-corrected chi connectivity index (χ2v) is 10.7. The fourth-order valence-corrected chi connectivity index (χ4v) is 10.6. The number of hydrogen-bond donors (Lipinski definition) is 0. The molecule has 6 aliphatic rings. The minimum absolute atomic E-state index is 0.497. The van der Waals surface area contributed by atoms with Crippen LogP contribution in [0.2, 0.25) is 0 Å². The van der Waals surface area contributed by atoms with Crippen molar-refractivity contribution in [2.75, 3.05) is 0 Å². The summed E-state index contributed by atoms with van der Waals surface area (Å²) in [5.41, 5.74) is 2.90. The van der Waals surface area contributed by atoms with Gasteiger partial charge in [-0.3, -0.25) is 0 Å². The lowest BCUT2D eigenvalue weighted by Crippen LogP contribution is -2.82. The van der Waals surface area contributed by atoms with Crippen molar-refractivity contribution in [1.29, 1.82) is 0 Å². The molecule has 0 aromatic heterocycles. The molecule has 0 nitrogen and oxygen atoms in total. The molecule has 0 spiro atoms. The molecule has 6 rings (SSSR count). The maximum atomic E-state index is 2.70. The molecular formula is C20H32. The molecule has 112 valence electrons. The number of hydrogen-bond acceptors (Lipinski definition) is 0. The fourth-order valence-electron chi connectivity index (χ4n) is 10.6. The quantitative estimate of drug-likeness (QED) is 0.566. The Balaban J connectivity index is 1.90. The summed E-state index contributed by atoms with van der Waals surface area (Å²) >= 11 is 0. The van der Waals surface area contributed by atoms with Crippen LogP contribution >= 0.6 is 0 Å². The van der Waals surface area contributed by atoms with Crippen molar-refractivity contribution in [2.24, 2.45) is 62.6 Å². The maximum Gasteiger partial charge on any atom is -0.0170 e.